The Morgan fingerprint density at radius 2 is 0.432 bits per heavy atom. The van der Waals surface area contributed by atoms with Crippen LogP contribution in [0.1, 0.15) is 65.8 Å². The molecule has 15 rings (SSSR count). The van der Waals surface area contributed by atoms with Gasteiger partial charge in [-0.1, -0.05) is 278 Å². The fourth-order valence-electron chi connectivity index (χ4n) is 8.62. The first-order chi connectivity index (χ1) is 56.7. The largest absolute Gasteiger partial charge is 0.0636 e. The third kappa shape index (κ3) is 7.39. The van der Waals surface area contributed by atoms with E-state index in [2.05, 4.69) is 0 Å². The molecule has 0 heterocycles. The average molecular weight is 985 g/mol. The molecule has 0 unspecified atom stereocenters. The predicted molar refractivity (Wildman–Crippen MR) is 320 cm³/mol. The van der Waals surface area contributed by atoms with Crippen LogP contribution < -0.4 is 0 Å². The second-order valence-electron chi connectivity index (χ2n) is 15.8. The quantitative estimate of drug-likeness (QED) is 0.151. The Morgan fingerprint density at radius 3 is 0.851 bits per heavy atom. The van der Waals surface area contributed by atoms with Gasteiger partial charge in [0.25, 0.3) is 0 Å². The lowest BCUT2D eigenvalue weighted by molar-refractivity contribution is 1.63. The second kappa shape index (κ2) is 18.2. The molecular weight excluding hydrogens is 889 g/mol. The molecule has 0 saturated carbocycles. The summed E-state index contributed by atoms with van der Waals surface area (Å²) < 4.78 is 423. The van der Waals surface area contributed by atoms with E-state index in [4.69, 9.17) is 46.6 Å². The minimum Gasteiger partial charge on any atom is -0.0616 e. The van der Waals surface area contributed by atoms with Gasteiger partial charge < -0.3 is 0 Å². The van der Waals surface area contributed by atoms with Gasteiger partial charge in [0.15, 0.2) is 0 Å². The highest BCUT2D eigenvalue weighted by molar-refractivity contribution is 6.25. The Hall–Kier alpha value is -9.62. The minimum atomic E-state index is -1.07. The molecule has 0 fully saturated rings. The highest BCUT2D eigenvalue weighted by atomic mass is 14.2. The number of hydrogen-bond donors (Lipinski definition) is 0. The van der Waals surface area contributed by atoms with Crippen LogP contribution in [0.5, 0.6) is 0 Å². The second-order valence-corrected chi connectivity index (χ2v) is 15.8. The van der Waals surface area contributed by atoms with E-state index in [1.54, 1.807) is 0 Å². The highest BCUT2D eigenvalue weighted by Crippen LogP contribution is 2.47. The molecule has 0 aromatic heterocycles. The standard InChI is InChI=1S/C40H26.C34H22/c1-2-12-31-26-32(25-22-27(31)10-1)28-20-23-30(24-21-28)39-35-15-5-7-17-37(35)40(38-18-8-6-16-36(38)39)34-19-9-13-29-11-3-4-14-33(29)34;1-2-12-25-22-26(21-20-23(25)10-1)33-29-15-5-7-17-31(29)34(32-18-8-6-16-30(32)33)28-19-9-13-24-11-3-4-14-27(24)28/h1-26H;1-22H/i1D,2D,3D,4D,5D,6D,7D,8D,9D,10D,11D,12D,13D,14D,15D,16D,17D,18D,19D,20D,21D,22D,23D,24D,25D,26D;1D,2D,3D,4D,5D,6D,7D,8D,9D,10D,11D,12D,13D,14D,15D,16D,17D,18D,19D,20D,21D,22D. The average Bonchev–Trinajstić information content (AvgIpc) is 0.688. The number of hydrogen-bond acceptors (Lipinski definition) is 0. The lowest BCUT2D eigenvalue weighted by atomic mass is 9.84. The zero-order valence-electron chi connectivity index (χ0n) is 85.0. The van der Waals surface area contributed by atoms with Crippen LogP contribution in [0.2, 0.25) is 0 Å². The summed E-state index contributed by atoms with van der Waals surface area (Å²) in [6.45, 7) is 0. The van der Waals surface area contributed by atoms with E-state index >= 15 is 0 Å². The minimum absolute atomic E-state index is 0.526. The van der Waals surface area contributed by atoms with Gasteiger partial charge in [0, 0.05) is 0 Å². The molecule has 0 atom stereocenters. The summed E-state index contributed by atoms with van der Waals surface area (Å²) in [6, 6.07) is -42.9. The van der Waals surface area contributed by atoms with Crippen LogP contribution in [0.3, 0.4) is 0 Å². The normalized spacial score (nSPS) is 20.6. The molecule has 0 bridgehead atoms. The first-order valence-corrected chi connectivity index (χ1v) is 21.8. The molecule has 15 aromatic rings. The summed E-state index contributed by atoms with van der Waals surface area (Å²) in [5.41, 5.74) is -7.11. The van der Waals surface area contributed by atoms with E-state index in [0.29, 0.717) is 0 Å². The zero-order chi connectivity index (χ0) is 90.7. The van der Waals surface area contributed by atoms with E-state index in [1.807, 2.05) is 0 Å². The van der Waals surface area contributed by atoms with Crippen LogP contribution >= 0.6 is 0 Å². The van der Waals surface area contributed by atoms with Crippen molar-refractivity contribution in [3.05, 3.63) is 290 Å². The molecular formula is C74H48. The third-order valence-corrected chi connectivity index (χ3v) is 11.8. The van der Waals surface area contributed by atoms with Crippen molar-refractivity contribution in [3.63, 3.8) is 0 Å². The third-order valence-electron chi connectivity index (χ3n) is 11.8. The van der Waals surface area contributed by atoms with Gasteiger partial charge in [-0.15, -0.1) is 0 Å². The molecule has 344 valence electrons. The van der Waals surface area contributed by atoms with Crippen LogP contribution in [0, 0.1) is 0 Å². The molecule has 0 nitrogen and oxygen atoms in total. The number of benzene rings is 15. The van der Waals surface area contributed by atoms with Crippen molar-refractivity contribution in [1.82, 2.24) is 0 Å². The summed E-state index contributed by atoms with van der Waals surface area (Å²) in [7, 11) is 0. The molecule has 0 heteroatoms. The van der Waals surface area contributed by atoms with Gasteiger partial charge in [-0.25, -0.2) is 0 Å². The Bertz CT molecular complexity index is 7370. The van der Waals surface area contributed by atoms with E-state index in [-0.39, 0.29) is 0 Å². The van der Waals surface area contributed by atoms with Gasteiger partial charge in [-0.2, -0.15) is 0 Å². The van der Waals surface area contributed by atoms with Crippen LogP contribution in [0.4, 0.5) is 0 Å². The Morgan fingerprint density at radius 1 is 0.162 bits per heavy atom. The van der Waals surface area contributed by atoms with Gasteiger partial charge >= 0.3 is 0 Å². The molecule has 0 N–H and O–H groups in total. The molecule has 0 saturated heterocycles. The molecule has 0 aliphatic rings. The fourth-order valence-corrected chi connectivity index (χ4v) is 8.62. The monoisotopic (exact) mass is 985 g/mol. The van der Waals surface area contributed by atoms with Crippen LogP contribution in [-0.4, -0.2) is 0 Å². The van der Waals surface area contributed by atoms with Crippen LogP contribution in [-0.2, 0) is 0 Å². The maximum Gasteiger partial charge on any atom is 0.0636 e. The summed E-state index contributed by atoms with van der Waals surface area (Å²) in [5.74, 6) is 0. The van der Waals surface area contributed by atoms with Crippen molar-refractivity contribution in [2.24, 2.45) is 0 Å². The Kier molecular flexibility index (Phi) is 4.05. The molecule has 0 amide bonds. The van der Waals surface area contributed by atoms with Crippen LogP contribution in [0.15, 0.2) is 290 Å². The van der Waals surface area contributed by atoms with Crippen molar-refractivity contribution >= 4 is 86.2 Å². The maximum atomic E-state index is 9.43. The summed E-state index contributed by atoms with van der Waals surface area (Å²) in [4.78, 5) is 0. The topological polar surface area (TPSA) is 0 Å². The summed E-state index contributed by atoms with van der Waals surface area (Å²) in [5, 5.41) is -9.99. The molecule has 0 spiro atoms. The lowest BCUT2D eigenvalue weighted by Crippen LogP contribution is -1.91. The summed E-state index contributed by atoms with van der Waals surface area (Å²) >= 11 is 0. The van der Waals surface area contributed by atoms with Gasteiger partial charge in [-0.05, 0) is 154 Å². The Balaban J connectivity index is 0.000000202. The molecule has 0 aliphatic heterocycles. The summed E-state index contributed by atoms with van der Waals surface area (Å²) in [6.07, 6.45) is 0. The van der Waals surface area contributed by atoms with Crippen molar-refractivity contribution in [3.8, 4) is 55.6 Å². The molecule has 74 heavy (non-hydrogen) atoms. The predicted octanol–water partition coefficient (Wildman–Crippen LogP) is 20.9. The number of fused-ring (bicyclic) bond motifs is 8. The van der Waals surface area contributed by atoms with E-state index < -0.39 is 432 Å². The van der Waals surface area contributed by atoms with E-state index in [9.17, 15) is 19.2 Å². The lowest BCUT2D eigenvalue weighted by Gasteiger charge is -2.19. The van der Waals surface area contributed by atoms with Gasteiger partial charge in [0.05, 0.1) is 65.8 Å². The Labute approximate surface area is 498 Å². The number of rotatable bonds is 5. The molecule has 0 aliphatic carbocycles. The molecule has 15 aromatic carbocycles. The SMILES string of the molecule is [2H]c1c([2H])c(-c2c3c([2H])c([2H])c([2H])c([2H])c3c(-c3c([2H])c([2H])c([2H])c4c([2H])c([2H])c([2H])c([2H])c34)c3c([2H])c([2H])c([2H])c([2H])c23)c([2H])c([2H])c1-c1c([2H])c([2H])c2c([2H])c([2H])c([2H])c([2H])c2c1[2H].[2H]c1c([2H])c([2H])c2c([2H])c(-c3c4c([2H])c([2H])c([2H])c([2H])c4c(-c4c([2H])c([2H])c([2H])c5c([2H])c([2H])c([2H])c([2H])c45)c4c([2H])c([2H])c([2H])c([2H])c34)c([2H])c([2H])c2c1[2H]. The smallest absolute Gasteiger partial charge is 0.0616 e. The van der Waals surface area contributed by atoms with Gasteiger partial charge in [0.1, 0.15) is 0 Å². The highest BCUT2D eigenvalue weighted by Gasteiger charge is 2.20. The first-order valence-electron chi connectivity index (χ1n) is 45.8. The van der Waals surface area contributed by atoms with Crippen molar-refractivity contribution < 1.29 is 65.8 Å². The zero-order valence-corrected chi connectivity index (χ0v) is 37.0. The van der Waals surface area contributed by atoms with Crippen LogP contribution in [0.25, 0.3) is 142 Å². The van der Waals surface area contributed by atoms with E-state index in [1.165, 1.54) is 0 Å². The fraction of sp³-hybridized carbons (Fsp3) is 0. The van der Waals surface area contributed by atoms with E-state index in [0.717, 1.165) is 0 Å². The van der Waals surface area contributed by atoms with Crippen molar-refractivity contribution in [2.45, 2.75) is 0 Å². The van der Waals surface area contributed by atoms with Crippen molar-refractivity contribution in [1.29, 1.82) is 0 Å². The van der Waals surface area contributed by atoms with Gasteiger partial charge in [0.2, 0.25) is 0 Å². The molecule has 0 radical (unpaired) electrons. The maximum absolute atomic E-state index is 9.43. The van der Waals surface area contributed by atoms with Gasteiger partial charge in [-0.3, -0.25) is 0 Å². The van der Waals surface area contributed by atoms with Crippen molar-refractivity contribution in [2.75, 3.05) is 0 Å². The first kappa shape index (κ1) is 16.5.